The van der Waals surface area contributed by atoms with Gasteiger partial charge in [-0.2, -0.15) is 0 Å². The molecule has 0 spiro atoms. The van der Waals surface area contributed by atoms with Crippen molar-refractivity contribution in [1.82, 2.24) is 14.9 Å². The summed E-state index contributed by atoms with van der Waals surface area (Å²) < 4.78 is 0. The van der Waals surface area contributed by atoms with Gasteiger partial charge in [-0.1, -0.05) is 66.2 Å². The third-order valence-corrected chi connectivity index (χ3v) is 8.50. The summed E-state index contributed by atoms with van der Waals surface area (Å²) >= 11 is 14.2. The van der Waals surface area contributed by atoms with E-state index >= 15 is 0 Å². The number of benzene rings is 2. The van der Waals surface area contributed by atoms with Gasteiger partial charge in [0.1, 0.15) is 11.0 Å². The van der Waals surface area contributed by atoms with E-state index in [0.717, 1.165) is 54.2 Å². The standard InChI is InChI=1S/C28H31Cl2N5OS/c1-20-9-11-34(12-10-20)26-18-25(30)31-28(32-26)37-19-21-5-4-6-22(17-21)27(36)35-15-13-33(14-16-35)24-8-3-2-7-23(24)29/h2-8,17-18,20H,9-16,19H2,1H3. The molecule has 5 rings (SSSR count). The summed E-state index contributed by atoms with van der Waals surface area (Å²) in [4.78, 5) is 28.9. The first-order valence-corrected chi connectivity index (χ1v) is 14.5. The molecule has 3 aromatic rings. The topological polar surface area (TPSA) is 52.6 Å². The molecular formula is C28H31Cl2N5OS. The predicted molar refractivity (Wildman–Crippen MR) is 153 cm³/mol. The Morgan fingerprint density at radius 3 is 2.43 bits per heavy atom. The second-order valence-corrected chi connectivity index (χ2v) is 11.5. The van der Waals surface area contributed by atoms with Gasteiger partial charge in [0, 0.05) is 56.7 Å². The maximum atomic E-state index is 13.3. The van der Waals surface area contributed by atoms with E-state index in [-0.39, 0.29) is 5.91 Å². The van der Waals surface area contributed by atoms with Crippen molar-refractivity contribution in [3.05, 3.63) is 75.9 Å². The van der Waals surface area contributed by atoms with Crippen molar-refractivity contribution in [1.29, 1.82) is 0 Å². The van der Waals surface area contributed by atoms with E-state index in [9.17, 15) is 4.79 Å². The molecular weight excluding hydrogens is 525 g/mol. The number of piperidine rings is 1. The number of anilines is 2. The second kappa shape index (κ2) is 11.9. The number of nitrogens with zero attached hydrogens (tertiary/aromatic N) is 5. The van der Waals surface area contributed by atoms with Gasteiger partial charge < -0.3 is 14.7 Å². The third-order valence-electron chi connectivity index (χ3n) is 7.07. The van der Waals surface area contributed by atoms with E-state index in [1.54, 1.807) is 11.8 Å². The Hall–Kier alpha value is -2.48. The Bertz CT molecular complexity index is 1240. The molecule has 1 amide bonds. The van der Waals surface area contributed by atoms with Crippen molar-refractivity contribution < 1.29 is 4.79 Å². The summed E-state index contributed by atoms with van der Waals surface area (Å²) in [6.45, 7) is 7.13. The van der Waals surface area contributed by atoms with Crippen LogP contribution in [0.1, 0.15) is 35.7 Å². The van der Waals surface area contributed by atoms with E-state index in [0.29, 0.717) is 34.7 Å². The molecule has 2 fully saturated rings. The van der Waals surface area contributed by atoms with Crippen molar-refractivity contribution in [3.8, 4) is 0 Å². The van der Waals surface area contributed by atoms with Crippen LogP contribution in [0.15, 0.2) is 59.8 Å². The Labute approximate surface area is 233 Å². The minimum absolute atomic E-state index is 0.0614. The van der Waals surface area contributed by atoms with Gasteiger partial charge in [0.15, 0.2) is 5.16 Å². The number of halogens is 2. The van der Waals surface area contributed by atoms with E-state index in [2.05, 4.69) is 21.7 Å². The average Bonchev–Trinajstić information content (AvgIpc) is 2.92. The van der Waals surface area contributed by atoms with Crippen LogP contribution < -0.4 is 9.80 Å². The van der Waals surface area contributed by atoms with Crippen LogP contribution in [-0.2, 0) is 5.75 Å². The molecule has 2 aliphatic heterocycles. The lowest BCUT2D eigenvalue weighted by Crippen LogP contribution is -2.48. The molecule has 2 aliphatic rings. The SMILES string of the molecule is CC1CCN(c2cc(Cl)nc(SCc3cccc(C(=O)N4CCN(c5ccccc5Cl)CC4)c3)n2)CC1. The number of aromatic nitrogens is 2. The minimum Gasteiger partial charge on any atom is -0.367 e. The highest BCUT2D eigenvalue weighted by molar-refractivity contribution is 7.98. The molecule has 0 atom stereocenters. The molecule has 0 N–H and O–H groups in total. The first-order chi connectivity index (χ1) is 18.0. The highest BCUT2D eigenvalue weighted by Crippen LogP contribution is 2.29. The van der Waals surface area contributed by atoms with Gasteiger partial charge in [0.25, 0.3) is 5.91 Å². The first kappa shape index (κ1) is 26.1. The number of amides is 1. The van der Waals surface area contributed by atoms with Gasteiger partial charge in [-0.25, -0.2) is 9.97 Å². The van der Waals surface area contributed by atoms with Crippen LogP contribution in [0.5, 0.6) is 0 Å². The van der Waals surface area contributed by atoms with E-state index in [1.807, 2.05) is 59.5 Å². The summed E-state index contributed by atoms with van der Waals surface area (Å²) in [6, 6.07) is 17.6. The zero-order valence-electron chi connectivity index (χ0n) is 20.9. The lowest BCUT2D eigenvalue weighted by Gasteiger charge is -2.36. The van der Waals surface area contributed by atoms with Gasteiger partial charge in [0.2, 0.25) is 0 Å². The largest absolute Gasteiger partial charge is 0.367 e. The van der Waals surface area contributed by atoms with Crippen molar-refractivity contribution in [2.24, 2.45) is 5.92 Å². The fourth-order valence-corrected chi connectivity index (χ4v) is 6.11. The highest BCUT2D eigenvalue weighted by atomic mass is 35.5. The van der Waals surface area contributed by atoms with E-state index in [4.69, 9.17) is 28.2 Å². The number of carbonyl (C=O) groups excluding carboxylic acids is 1. The number of thioether (sulfide) groups is 1. The summed E-state index contributed by atoms with van der Waals surface area (Å²) in [7, 11) is 0. The lowest BCUT2D eigenvalue weighted by atomic mass is 9.99. The molecule has 1 aromatic heterocycles. The summed E-state index contributed by atoms with van der Waals surface area (Å²) in [5.41, 5.74) is 2.79. The molecule has 0 radical (unpaired) electrons. The summed E-state index contributed by atoms with van der Waals surface area (Å²) in [6.07, 6.45) is 2.33. The molecule has 2 aromatic carbocycles. The van der Waals surface area contributed by atoms with Crippen molar-refractivity contribution in [3.63, 3.8) is 0 Å². The number of carbonyl (C=O) groups is 1. The average molecular weight is 557 g/mol. The molecule has 194 valence electrons. The number of hydrogen-bond donors (Lipinski definition) is 0. The van der Waals surface area contributed by atoms with Crippen LogP contribution in [0.4, 0.5) is 11.5 Å². The van der Waals surface area contributed by atoms with Crippen LogP contribution in [0.2, 0.25) is 10.2 Å². The summed E-state index contributed by atoms with van der Waals surface area (Å²) in [5, 5.41) is 1.87. The van der Waals surface area contributed by atoms with Crippen LogP contribution in [0, 0.1) is 5.92 Å². The van der Waals surface area contributed by atoms with Crippen molar-refractivity contribution in [2.75, 3.05) is 49.1 Å². The Balaban J connectivity index is 1.19. The molecule has 2 saturated heterocycles. The van der Waals surface area contributed by atoms with Gasteiger partial charge in [-0.3, -0.25) is 4.79 Å². The lowest BCUT2D eigenvalue weighted by molar-refractivity contribution is 0.0746. The zero-order valence-corrected chi connectivity index (χ0v) is 23.3. The molecule has 37 heavy (non-hydrogen) atoms. The smallest absolute Gasteiger partial charge is 0.253 e. The number of piperazine rings is 1. The highest BCUT2D eigenvalue weighted by Gasteiger charge is 2.23. The molecule has 9 heteroatoms. The van der Waals surface area contributed by atoms with Gasteiger partial charge in [-0.05, 0) is 48.6 Å². The van der Waals surface area contributed by atoms with Crippen LogP contribution in [-0.4, -0.2) is 60.0 Å². The minimum atomic E-state index is 0.0614. The fraction of sp³-hybridized carbons (Fsp3) is 0.393. The maximum absolute atomic E-state index is 13.3. The monoisotopic (exact) mass is 555 g/mol. The Morgan fingerprint density at radius 1 is 0.919 bits per heavy atom. The molecule has 0 unspecified atom stereocenters. The maximum Gasteiger partial charge on any atom is 0.253 e. The van der Waals surface area contributed by atoms with E-state index in [1.165, 1.54) is 12.8 Å². The van der Waals surface area contributed by atoms with Crippen molar-refractivity contribution in [2.45, 2.75) is 30.7 Å². The second-order valence-electron chi connectivity index (χ2n) is 9.72. The molecule has 0 bridgehead atoms. The molecule has 0 aliphatic carbocycles. The van der Waals surface area contributed by atoms with Crippen LogP contribution in [0.25, 0.3) is 0 Å². The predicted octanol–water partition coefficient (Wildman–Crippen LogP) is 6.27. The molecule has 3 heterocycles. The summed E-state index contributed by atoms with van der Waals surface area (Å²) in [5.74, 6) is 2.38. The van der Waals surface area contributed by atoms with Gasteiger partial charge >= 0.3 is 0 Å². The van der Waals surface area contributed by atoms with Gasteiger partial charge in [0.05, 0.1) is 10.7 Å². The normalized spacial score (nSPS) is 16.8. The molecule has 6 nitrogen and oxygen atoms in total. The molecule has 0 saturated carbocycles. The quantitative estimate of drug-likeness (QED) is 0.203. The Morgan fingerprint density at radius 2 is 1.68 bits per heavy atom. The van der Waals surface area contributed by atoms with Gasteiger partial charge in [-0.15, -0.1) is 0 Å². The van der Waals surface area contributed by atoms with E-state index < -0.39 is 0 Å². The Kier molecular flexibility index (Phi) is 8.43. The first-order valence-electron chi connectivity index (χ1n) is 12.8. The van der Waals surface area contributed by atoms with Crippen LogP contribution >= 0.6 is 35.0 Å². The number of para-hydroxylation sites is 1. The number of hydrogen-bond acceptors (Lipinski definition) is 6. The van der Waals surface area contributed by atoms with Crippen molar-refractivity contribution >= 4 is 52.4 Å². The fourth-order valence-electron chi connectivity index (χ4n) is 4.83. The van der Waals surface area contributed by atoms with Crippen LogP contribution in [0.3, 0.4) is 0 Å². The third kappa shape index (κ3) is 6.51. The zero-order chi connectivity index (χ0) is 25.8. The number of rotatable bonds is 6.